The molecule has 2 rings (SSSR count). The maximum Gasteiger partial charge on any atom is 0.185 e. The van der Waals surface area contributed by atoms with Crippen LogP contribution in [0, 0.1) is 0 Å². The van der Waals surface area contributed by atoms with Crippen LogP contribution in [0.4, 0.5) is 5.13 Å². The molecule has 1 aliphatic rings. The van der Waals surface area contributed by atoms with Crippen molar-refractivity contribution in [2.75, 3.05) is 18.0 Å². The van der Waals surface area contributed by atoms with Gasteiger partial charge in [0.1, 0.15) is 0 Å². The van der Waals surface area contributed by atoms with E-state index >= 15 is 0 Å². The van der Waals surface area contributed by atoms with Gasteiger partial charge in [-0.2, -0.15) is 0 Å². The quantitative estimate of drug-likeness (QED) is 0.827. The van der Waals surface area contributed by atoms with E-state index < -0.39 is 0 Å². The van der Waals surface area contributed by atoms with Gasteiger partial charge < -0.3 is 10.2 Å². The van der Waals surface area contributed by atoms with E-state index in [4.69, 9.17) is 0 Å². The van der Waals surface area contributed by atoms with Gasteiger partial charge in [-0.25, -0.2) is 4.98 Å². The van der Waals surface area contributed by atoms with Crippen molar-refractivity contribution in [1.82, 2.24) is 10.3 Å². The molecular weight excluding hydrogens is 218 g/mol. The van der Waals surface area contributed by atoms with Crippen molar-refractivity contribution in [2.45, 2.75) is 45.7 Å². The summed E-state index contributed by atoms with van der Waals surface area (Å²) in [5.74, 6) is 0. The first-order valence-electron chi connectivity index (χ1n) is 6.26. The SMILES string of the molecule is CCN(CC)c1ncc(CNC2CCC2)s1. The molecule has 1 aromatic rings. The van der Waals surface area contributed by atoms with Gasteiger partial charge in [0.2, 0.25) is 0 Å². The van der Waals surface area contributed by atoms with Crippen LogP contribution in [0.3, 0.4) is 0 Å². The third-order valence-corrected chi connectivity index (χ3v) is 4.30. The summed E-state index contributed by atoms with van der Waals surface area (Å²) in [4.78, 5) is 8.14. The molecule has 0 spiro atoms. The van der Waals surface area contributed by atoms with Crippen molar-refractivity contribution in [2.24, 2.45) is 0 Å². The summed E-state index contributed by atoms with van der Waals surface area (Å²) in [5, 5.41) is 4.74. The predicted molar refractivity (Wildman–Crippen MR) is 70.2 cm³/mol. The summed E-state index contributed by atoms with van der Waals surface area (Å²) in [6, 6.07) is 0.763. The van der Waals surface area contributed by atoms with Gasteiger partial charge in [-0.3, -0.25) is 0 Å². The van der Waals surface area contributed by atoms with E-state index in [0.717, 1.165) is 30.8 Å². The molecule has 1 saturated carbocycles. The minimum absolute atomic E-state index is 0.763. The van der Waals surface area contributed by atoms with Crippen molar-refractivity contribution in [3.8, 4) is 0 Å². The summed E-state index contributed by atoms with van der Waals surface area (Å²) in [6.45, 7) is 7.43. The maximum atomic E-state index is 4.48. The zero-order valence-electron chi connectivity index (χ0n) is 10.2. The Morgan fingerprint density at radius 2 is 2.19 bits per heavy atom. The van der Waals surface area contributed by atoms with Crippen LogP contribution in [-0.2, 0) is 6.54 Å². The van der Waals surface area contributed by atoms with Gasteiger partial charge in [-0.05, 0) is 26.7 Å². The van der Waals surface area contributed by atoms with Crippen molar-refractivity contribution >= 4 is 16.5 Å². The lowest BCUT2D eigenvalue weighted by atomic mass is 9.93. The highest BCUT2D eigenvalue weighted by Crippen LogP contribution is 2.23. The molecular formula is C12H21N3S. The summed E-state index contributed by atoms with van der Waals surface area (Å²) in [6.07, 6.45) is 6.11. The van der Waals surface area contributed by atoms with E-state index in [9.17, 15) is 0 Å². The average molecular weight is 239 g/mol. The number of nitrogens with one attached hydrogen (secondary N) is 1. The fourth-order valence-electron chi connectivity index (χ4n) is 1.88. The van der Waals surface area contributed by atoms with Crippen LogP contribution in [0.25, 0.3) is 0 Å². The molecule has 0 radical (unpaired) electrons. The molecule has 0 saturated heterocycles. The Morgan fingerprint density at radius 1 is 1.44 bits per heavy atom. The number of anilines is 1. The highest BCUT2D eigenvalue weighted by atomic mass is 32.1. The number of hydrogen-bond acceptors (Lipinski definition) is 4. The number of rotatable bonds is 6. The fourth-order valence-corrected chi connectivity index (χ4v) is 2.86. The van der Waals surface area contributed by atoms with E-state index in [0.29, 0.717) is 0 Å². The molecule has 1 aliphatic carbocycles. The van der Waals surface area contributed by atoms with E-state index in [1.54, 1.807) is 0 Å². The van der Waals surface area contributed by atoms with Crippen LogP contribution in [0.2, 0.25) is 0 Å². The number of hydrogen-bond donors (Lipinski definition) is 1. The van der Waals surface area contributed by atoms with Gasteiger partial charge in [0.05, 0.1) is 0 Å². The predicted octanol–water partition coefficient (Wildman–Crippen LogP) is 2.63. The lowest BCUT2D eigenvalue weighted by Crippen LogP contribution is -2.34. The Morgan fingerprint density at radius 3 is 2.75 bits per heavy atom. The first-order chi connectivity index (χ1) is 7.83. The van der Waals surface area contributed by atoms with Crippen LogP contribution < -0.4 is 10.2 Å². The Labute approximate surface area is 102 Å². The first-order valence-corrected chi connectivity index (χ1v) is 7.08. The average Bonchev–Trinajstić information content (AvgIpc) is 2.66. The third-order valence-electron chi connectivity index (χ3n) is 3.25. The van der Waals surface area contributed by atoms with Crippen molar-refractivity contribution in [3.05, 3.63) is 11.1 Å². The van der Waals surface area contributed by atoms with E-state index in [1.165, 1.54) is 24.1 Å². The molecule has 1 aromatic heterocycles. The van der Waals surface area contributed by atoms with Gasteiger partial charge >= 0.3 is 0 Å². The van der Waals surface area contributed by atoms with Crippen molar-refractivity contribution < 1.29 is 0 Å². The summed E-state index contributed by atoms with van der Waals surface area (Å²) in [7, 11) is 0. The second kappa shape index (κ2) is 5.64. The molecule has 0 unspecified atom stereocenters. The number of thiazole rings is 1. The minimum atomic E-state index is 0.763. The molecule has 3 nitrogen and oxygen atoms in total. The fraction of sp³-hybridized carbons (Fsp3) is 0.750. The van der Waals surface area contributed by atoms with Crippen molar-refractivity contribution in [3.63, 3.8) is 0 Å². The summed E-state index contributed by atoms with van der Waals surface area (Å²) in [5.41, 5.74) is 0. The first kappa shape index (κ1) is 11.9. The Balaban J connectivity index is 1.85. The summed E-state index contributed by atoms with van der Waals surface area (Å²) >= 11 is 1.82. The lowest BCUT2D eigenvalue weighted by molar-refractivity contribution is 0.339. The molecule has 1 N–H and O–H groups in total. The molecule has 1 fully saturated rings. The van der Waals surface area contributed by atoms with E-state index in [1.807, 2.05) is 17.5 Å². The largest absolute Gasteiger partial charge is 0.349 e. The maximum absolute atomic E-state index is 4.48. The molecule has 0 aliphatic heterocycles. The number of nitrogens with zero attached hydrogens (tertiary/aromatic N) is 2. The monoisotopic (exact) mass is 239 g/mol. The van der Waals surface area contributed by atoms with Crippen LogP contribution in [0.1, 0.15) is 38.0 Å². The van der Waals surface area contributed by atoms with Gasteiger partial charge in [0.15, 0.2) is 5.13 Å². The van der Waals surface area contributed by atoms with Gasteiger partial charge in [-0.1, -0.05) is 6.42 Å². The normalized spacial score (nSPS) is 16.1. The van der Waals surface area contributed by atoms with Crippen LogP contribution in [0.15, 0.2) is 6.20 Å². The molecule has 4 heteroatoms. The molecule has 0 bridgehead atoms. The minimum Gasteiger partial charge on any atom is -0.349 e. The van der Waals surface area contributed by atoms with Crippen molar-refractivity contribution in [1.29, 1.82) is 0 Å². The topological polar surface area (TPSA) is 28.2 Å². The number of aromatic nitrogens is 1. The van der Waals surface area contributed by atoms with Gasteiger partial charge in [-0.15, -0.1) is 11.3 Å². The lowest BCUT2D eigenvalue weighted by Gasteiger charge is -2.26. The zero-order valence-corrected chi connectivity index (χ0v) is 11.0. The Hall–Kier alpha value is -0.610. The Kier molecular flexibility index (Phi) is 4.18. The zero-order chi connectivity index (χ0) is 11.4. The van der Waals surface area contributed by atoms with Crippen LogP contribution >= 0.6 is 11.3 Å². The Bertz CT molecular complexity index is 316. The second-order valence-electron chi connectivity index (χ2n) is 4.29. The van der Waals surface area contributed by atoms with Crippen LogP contribution in [-0.4, -0.2) is 24.1 Å². The second-order valence-corrected chi connectivity index (χ2v) is 5.38. The molecule has 0 amide bonds. The smallest absolute Gasteiger partial charge is 0.185 e. The third kappa shape index (κ3) is 2.74. The molecule has 0 aromatic carbocycles. The van der Waals surface area contributed by atoms with Gasteiger partial charge in [0.25, 0.3) is 0 Å². The highest BCUT2D eigenvalue weighted by molar-refractivity contribution is 7.15. The standard InChI is InChI=1S/C12H21N3S/c1-3-15(4-2)12-14-9-11(16-12)8-13-10-6-5-7-10/h9-10,13H,3-8H2,1-2H3. The molecule has 1 heterocycles. The molecule has 0 atom stereocenters. The van der Waals surface area contributed by atoms with E-state index in [-0.39, 0.29) is 0 Å². The molecule has 16 heavy (non-hydrogen) atoms. The van der Waals surface area contributed by atoms with Crippen LogP contribution in [0.5, 0.6) is 0 Å². The molecule has 90 valence electrons. The van der Waals surface area contributed by atoms with E-state index in [2.05, 4.69) is 29.0 Å². The van der Waals surface area contributed by atoms with Gasteiger partial charge in [0, 0.05) is 36.8 Å². The summed E-state index contributed by atoms with van der Waals surface area (Å²) < 4.78 is 0. The highest BCUT2D eigenvalue weighted by Gasteiger charge is 2.16.